The van der Waals surface area contributed by atoms with Crippen molar-refractivity contribution in [3.8, 4) is 5.75 Å². The van der Waals surface area contributed by atoms with Crippen LogP contribution in [0.25, 0.3) is 0 Å². The molecule has 0 aliphatic carbocycles. The van der Waals surface area contributed by atoms with Crippen molar-refractivity contribution < 1.29 is 38.1 Å². The molecular formula is C34H45NO9Si. The van der Waals surface area contributed by atoms with Gasteiger partial charge in [0.2, 0.25) is 0 Å². The number of hydrogen-bond donors (Lipinski definition) is 1. The van der Waals surface area contributed by atoms with Gasteiger partial charge in [-0.25, -0.2) is 0 Å². The van der Waals surface area contributed by atoms with Gasteiger partial charge >= 0.3 is 0 Å². The number of aliphatic hydroxyl groups is 1. The van der Waals surface area contributed by atoms with Crippen LogP contribution in [0.15, 0.2) is 78.9 Å². The summed E-state index contributed by atoms with van der Waals surface area (Å²) < 4.78 is 37.0. The Kier molecular flexibility index (Phi) is 11.9. The number of rotatable bonds is 14. The fourth-order valence-corrected chi connectivity index (χ4v) is 10.6. The molecular weight excluding hydrogens is 594 g/mol. The predicted molar refractivity (Wildman–Crippen MR) is 174 cm³/mol. The van der Waals surface area contributed by atoms with Crippen molar-refractivity contribution in [2.45, 2.75) is 76.5 Å². The van der Waals surface area contributed by atoms with E-state index in [0.717, 1.165) is 16.8 Å². The van der Waals surface area contributed by atoms with Crippen LogP contribution in [0.3, 0.4) is 0 Å². The summed E-state index contributed by atoms with van der Waals surface area (Å²) in [5.41, 5.74) is 0.388. The first-order valence-corrected chi connectivity index (χ1v) is 17.1. The Morgan fingerprint density at radius 1 is 0.933 bits per heavy atom. The molecule has 1 aliphatic rings. The third kappa shape index (κ3) is 7.63. The lowest BCUT2D eigenvalue weighted by Crippen LogP contribution is -2.68. The molecule has 1 aliphatic heterocycles. The summed E-state index contributed by atoms with van der Waals surface area (Å²) in [7, 11) is 0.0724. The van der Waals surface area contributed by atoms with E-state index >= 15 is 0 Å². The molecule has 0 amide bonds. The molecule has 1 N–H and O–H groups in total. The SMILES string of the molecule is CCCO[C@H]1[C@H](O)[C@@H](CO[Si](c2ccccc2)(c2ccccc2)C(C)(C)C)OC(OC)[C@@H]1OCc1cc([N+](=O)[O-])ccc1OC. The Balaban J connectivity index is 1.63. The maximum Gasteiger partial charge on any atom is 0.270 e. The quantitative estimate of drug-likeness (QED) is 0.153. The van der Waals surface area contributed by atoms with Gasteiger partial charge in [-0.3, -0.25) is 10.1 Å². The summed E-state index contributed by atoms with van der Waals surface area (Å²) in [6.07, 6.45) is -3.75. The topological polar surface area (TPSA) is 119 Å². The normalized spacial score (nSPS) is 22.2. The Morgan fingerprint density at radius 2 is 1.56 bits per heavy atom. The lowest BCUT2D eigenvalue weighted by molar-refractivity contribution is -0.385. The van der Waals surface area contributed by atoms with E-state index in [9.17, 15) is 15.2 Å². The lowest BCUT2D eigenvalue weighted by Gasteiger charge is -2.47. The van der Waals surface area contributed by atoms with Gasteiger partial charge in [-0.2, -0.15) is 0 Å². The Morgan fingerprint density at radius 3 is 2.07 bits per heavy atom. The highest BCUT2D eigenvalue weighted by Gasteiger charge is 2.53. The summed E-state index contributed by atoms with van der Waals surface area (Å²) in [5.74, 6) is 0.439. The number of methoxy groups -OCH3 is 2. The van der Waals surface area contributed by atoms with Crippen molar-refractivity contribution in [2.24, 2.45) is 0 Å². The zero-order valence-corrected chi connectivity index (χ0v) is 27.9. The number of hydrogen-bond acceptors (Lipinski definition) is 9. The molecule has 0 bridgehead atoms. The van der Waals surface area contributed by atoms with Gasteiger partial charge in [0.25, 0.3) is 14.0 Å². The predicted octanol–water partition coefficient (Wildman–Crippen LogP) is 4.59. The minimum absolute atomic E-state index is 0.0549. The Hall–Kier alpha value is -3.16. The molecule has 0 saturated carbocycles. The zero-order valence-electron chi connectivity index (χ0n) is 26.9. The van der Waals surface area contributed by atoms with E-state index in [-0.39, 0.29) is 23.9 Å². The molecule has 0 aromatic heterocycles. The molecule has 3 aromatic rings. The first-order chi connectivity index (χ1) is 21.6. The minimum Gasteiger partial charge on any atom is -0.496 e. The number of nitro benzene ring substituents is 1. The van der Waals surface area contributed by atoms with Crippen LogP contribution in [-0.2, 0) is 30.0 Å². The van der Waals surface area contributed by atoms with Crippen LogP contribution in [-0.4, -0.2) is 76.5 Å². The number of nitrogens with zero attached hydrogens (tertiary/aromatic N) is 1. The zero-order chi connectivity index (χ0) is 32.6. The summed E-state index contributed by atoms with van der Waals surface area (Å²) in [5, 5.41) is 25.1. The summed E-state index contributed by atoms with van der Waals surface area (Å²) in [6, 6.07) is 24.8. The lowest BCUT2D eigenvalue weighted by atomic mass is 9.98. The van der Waals surface area contributed by atoms with Crippen molar-refractivity contribution in [3.63, 3.8) is 0 Å². The van der Waals surface area contributed by atoms with E-state index in [1.165, 1.54) is 32.4 Å². The van der Waals surface area contributed by atoms with E-state index in [4.69, 9.17) is 28.1 Å². The Bertz CT molecular complexity index is 1330. The number of benzene rings is 3. The number of aliphatic hydroxyl groups excluding tert-OH is 1. The van der Waals surface area contributed by atoms with E-state index in [1.807, 2.05) is 43.3 Å². The smallest absolute Gasteiger partial charge is 0.270 e. The molecule has 1 saturated heterocycles. The van der Waals surface area contributed by atoms with Gasteiger partial charge in [0.1, 0.15) is 30.2 Å². The van der Waals surface area contributed by atoms with Gasteiger partial charge in [0.15, 0.2) is 6.29 Å². The second-order valence-corrected chi connectivity index (χ2v) is 16.4. The van der Waals surface area contributed by atoms with Gasteiger partial charge in [-0.15, -0.1) is 0 Å². The van der Waals surface area contributed by atoms with Crippen molar-refractivity contribution in [1.82, 2.24) is 0 Å². The standard InChI is InChI=1S/C34H45NO9Si/c1-7-20-41-31-30(36)29(44-33(40-6)32(31)42-22-24-21-25(35(37)38)18-19-28(24)39-5)23-43-45(34(2,3)4,26-14-10-8-11-15-26)27-16-12-9-13-17-27/h8-19,21,29-33,36H,7,20,22-23H2,1-6H3/t29-,30-,31+,32-,33?/m1/s1. The monoisotopic (exact) mass is 639 g/mol. The molecule has 0 spiro atoms. The third-order valence-electron chi connectivity index (χ3n) is 8.15. The van der Waals surface area contributed by atoms with Gasteiger partial charge in [-0.05, 0) is 27.9 Å². The fraction of sp³-hybridized carbons (Fsp3) is 0.471. The number of non-ortho nitro benzene ring substituents is 1. The van der Waals surface area contributed by atoms with Crippen LogP contribution in [0.4, 0.5) is 5.69 Å². The molecule has 3 aromatic carbocycles. The van der Waals surface area contributed by atoms with Crippen LogP contribution in [0.2, 0.25) is 5.04 Å². The highest BCUT2D eigenvalue weighted by atomic mass is 28.4. The molecule has 11 heteroatoms. The third-order valence-corrected chi connectivity index (χ3v) is 13.2. The average Bonchev–Trinajstić information content (AvgIpc) is 3.04. The fourth-order valence-electron chi connectivity index (χ4n) is 5.99. The van der Waals surface area contributed by atoms with Gasteiger partial charge in [0, 0.05) is 31.4 Å². The molecule has 10 nitrogen and oxygen atoms in total. The Labute approximate surface area is 266 Å². The maximum absolute atomic E-state index is 11.7. The molecule has 244 valence electrons. The van der Waals surface area contributed by atoms with Crippen molar-refractivity contribution in [3.05, 3.63) is 94.5 Å². The van der Waals surface area contributed by atoms with Crippen molar-refractivity contribution >= 4 is 24.4 Å². The molecule has 1 fully saturated rings. The molecule has 1 heterocycles. The van der Waals surface area contributed by atoms with E-state index in [1.54, 1.807) is 0 Å². The number of ether oxygens (including phenoxy) is 5. The molecule has 4 rings (SSSR count). The van der Waals surface area contributed by atoms with Gasteiger partial charge in [-0.1, -0.05) is 88.4 Å². The molecule has 1 unspecified atom stereocenters. The van der Waals surface area contributed by atoms with Crippen LogP contribution < -0.4 is 15.1 Å². The van der Waals surface area contributed by atoms with Crippen LogP contribution in [0, 0.1) is 10.1 Å². The highest BCUT2D eigenvalue weighted by Crippen LogP contribution is 2.38. The van der Waals surface area contributed by atoms with Crippen LogP contribution in [0.1, 0.15) is 39.7 Å². The van der Waals surface area contributed by atoms with E-state index in [0.29, 0.717) is 17.9 Å². The summed E-state index contributed by atoms with van der Waals surface area (Å²) >= 11 is 0. The van der Waals surface area contributed by atoms with Crippen LogP contribution >= 0.6 is 0 Å². The second-order valence-electron chi connectivity index (χ2n) is 12.1. The number of nitro groups is 1. The molecule has 45 heavy (non-hydrogen) atoms. The van der Waals surface area contributed by atoms with Crippen LogP contribution in [0.5, 0.6) is 5.75 Å². The highest BCUT2D eigenvalue weighted by molar-refractivity contribution is 6.99. The van der Waals surface area contributed by atoms with Crippen molar-refractivity contribution in [2.75, 3.05) is 27.4 Å². The van der Waals surface area contributed by atoms with Crippen molar-refractivity contribution in [1.29, 1.82) is 0 Å². The largest absolute Gasteiger partial charge is 0.496 e. The van der Waals surface area contributed by atoms with Gasteiger partial charge < -0.3 is 33.2 Å². The van der Waals surface area contributed by atoms with Gasteiger partial charge in [0.05, 0.1) is 25.2 Å². The first kappa shape index (κ1) is 34.7. The molecule has 5 atom stereocenters. The summed E-state index contributed by atoms with van der Waals surface area (Å²) in [4.78, 5) is 10.9. The summed E-state index contributed by atoms with van der Waals surface area (Å²) in [6.45, 7) is 8.96. The first-order valence-electron chi connectivity index (χ1n) is 15.2. The maximum atomic E-state index is 11.7. The van der Waals surface area contributed by atoms with E-state index in [2.05, 4.69) is 45.0 Å². The molecule has 0 radical (unpaired) electrons. The minimum atomic E-state index is -2.92. The second kappa shape index (κ2) is 15.4. The average molecular weight is 640 g/mol. The van der Waals surface area contributed by atoms with E-state index < -0.39 is 43.9 Å².